The first-order valence-corrected chi connectivity index (χ1v) is 11.3. The van der Waals surface area contributed by atoms with Gasteiger partial charge in [-0.2, -0.15) is 0 Å². The van der Waals surface area contributed by atoms with E-state index >= 15 is 0 Å². The first kappa shape index (κ1) is 22.5. The minimum atomic E-state index is -0.317. The van der Waals surface area contributed by atoms with E-state index in [-0.39, 0.29) is 12.7 Å². The zero-order valence-electron chi connectivity index (χ0n) is 17.8. The van der Waals surface area contributed by atoms with Crippen LogP contribution in [0.4, 0.5) is 4.79 Å². The van der Waals surface area contributed by atoms with E-state index in [2.05, 4.69) is 9.97 Å². The smallest absolute Gasteiger partial charge is 0.410 e. The average molecular weight is 474 g/mol. The number of nitrogens with zero attached hydrogens (tertiary/aromatic N) is 2. The van der Waals surface area contributed by atoms with Gasteiger partial charge in [-0.1, -0.05) is 35.3 Å². The molecule has 1 aliphatic rings. The number of ether oxygens (including phenoxy) is 2. The molecule has 1 amide bonds. The van der Waals surface area contributed by atoms with Crippen LogP contribution < -0.4 is 4.74 Å². The third-order valence-corrected chi connectivity index (χ3v) is 5.93. The molecule has 2 aromatic carbocycles. The highest BCUT2D eigenvalue weighted by Crippen LogP contribution is 2.25. The van der Waals surface area contributed by atoms with Gasteiger partial charge in [-0.05, 0) is 61.6 Å². The highest BCUT2D eigenvalue weighted by Gasteiger charge is 2.24. The summed E-state index contributed by atoms with van der Waals surface area (Å²) in [6.45, 7) is 4.00. The van der Waals surface area contributed by atoms with Crippen LogP contribution in [0.15, 0.2) is 48.7 Å². The Balaban J connectivity index is 1.22. The molecule has 1 N–H and O–H groups in total. The van der Waals surface area contributed by atoms with E-state index in [1.807, 2.05) is 37.4 Å². The predicted molar refractivity (Wildman–Crippen MR) is 125 cm³/mol. The Labute approximate surface area is 197 Å². The summed E-state index contributed by atoms with van der Waals surface area (Å²) in [7, 11) is 0. The number of aryl methyl sites for hydroxylation is 1. The Morgan fingerprint density at radius 3 is 2.59 bits per heavy atom. The van der Waals surface area contributed by atoms with Gasteiger partial charge in [-0.15, -0.1) is 0 Å². The number of halogens is 2. The minimum Gasteiger partial charge on any atom is -0.493 e. The molecule has 6 nitrogen and oxygen atoms in total. The number of rotatable bonds is 6. The zero-order chi connectivity index (χ0) is 22.5. The second kappa shape index (κ2) is 10.3. The fourth-order valence-electron chi connectivity index (χ4n) is 3.75. The van der Waals surface area contributed by atoms with E-state index in [4.69, 9.17) is 32.7 Å². The normalized spacial score (nSPS) is 14.4. The molecular weight excluding hydrogens is 449 g/mol. The third kappa shape index (κ3) is 5.96. The third-order valence-electron chi connectivity index (χ3n) is 5.49. The molecule has 0 aliphatic carbocycles. The standard InChI is InChI=1S/C24H25Cl2N3O3/c1-16-27-13-23(28-16)19-3-2-4-22(11-19)31-14-17-5-7-29(8-6-17)24(30)32-15-18-9-20(25)12-21(26)10-18/h2-4,9-13,17H,5-8,14-15H2,1H3,(H,27,28). The van der Waals surface area contributed by atoms with Crippen molar-refractivity contribution in [1.29, 1.82) is 0 Å². The highest BCUT2D eigenvalue weighted by molar-refractivity contribution is 6.34. The number of carbonyl (C=O) groups excluding carboxylic acids is 1. The molecule has 0 saturated carbocycles. The molecule has 0 spiro atoms. The minimum absolute atomic E-state index is 0.147. The van der Waals surface area contributed by atoms with E-state index in [0.29, 0.717) is 35.7 Å². The number of hydrogen-bond acceptors (Lipinski definition) is 4. The van der Waals surface area contributed by atoms with Crippen LogP contribution in [0.25, 0.3) is 11.3 Å². The second-order valence-electron chi connectivity index (χ2n) is 7.98. The van der Waals surface area contributed by atoms with Crippen molar-refractivity contribution >= 4 is 29.3 Å². The molecule has 4 rings (SSSR count). The van der Waals surface area contributed by atoms with Crippen molar-refractivity contribution in [2.24, 2.45) is 5.92 Å². The summed E-state index contributed by atoms with van der Waals surface area (Å²) in [5.74, 6) is 2.11. The fraction of sp³-hybridized carbons (Fsp3) is 0.333. The van der Waals surface area contributed by atoms with Crippen LogP contribution in [-0.2, 0) is 11.3 Å². The van der Waals surface area contributed by atoms with E-state index in [0.717, 1.165) is 41.2 Å². The number of imidazole rings is 1. The molecule has 1 fully saturated rings. The van der Waals surface area contributed by atoms with Crippen molar-refractivity contribution in [3.05, 3.63) is 70.1 Å². The van der Waals surface area contributed by atoms with Gasteiger partial charge >= 0.3 is 6.09 Å². The summed E-state index contributed by atoms with van der Waals surface area (Å²) in [5.41, 5.74) is 2.79. The summed E-state index contributed by atoms with van der Waals surface area (Å²) in [4.78, 5) is 21.6. The molecule has 1 saturated heterocycles. The molecule has 0 atom stereocenters. The summed E-state index contributed by atoms with van der Waals surface area (Å²) in [5, 5.41) is 1.05. The van der Waals surface area contributed by atoms with E-state index in [1.54, 1.807) is 23.1 Å². The Hall–Kier alpha value is -2.70. The van der Waals surface area contributed by atoms with Crippen molar-refractivity contribution in [3.63, 3.8) is 0 Å². The molecule has 32 heavy (non-hydrogen) atoms. The molecule has 1 aliphatic heterocycles. The van der Waals surface area contributed by atoms with Gasteiger partial charge in [0.1, 0.15) is 18.2 Å². The Bertz CT molecular complexity index is 1060. The SMILES string of the molecule is Cc1ncc(-c2cccc(OCC3CCN(C(=O)OCc4cc(Cl)cc(Cl)c4)CC3)c2)[nH]1. The Morgan fingerprint density at radius 2 is 1.91 bits per heavy atom. The zero-order valence-corrected chi connectivity index (χ0v) is 19.3. The number of H-pyrrole nitrogens is 1. The highest BCUT2D eigenvalue weighted by atomic mass is 35.5. The van der Waals surface area contributed by atoms with Gasteiger partial charge in [0, 0.05) is 28.7 Å². The topological polar surface area (TPSA) is 67.4 Å². The Morgan fingerprint density at radius 1 is 1.16 bits per heavy atom. The van der Waals surface area contributed by atoms with Crippen LogP contribution in [0.1, 0.15) is 24.2 Å². The summed E-state index contributed by atoms with van der Waals surface area (Å²) in [6, 6.07) is 13.1. The summed E-state index contributed by atoms with van der Waals surface area (Å²) in [6.07, 6.45) is 3.25. The van der Waals surface area contributed by atoms with Crippen molar-refractivity contribution in [1.82, 2.24) is 14.9 Å². The average Bonchev–Trinajstić information content (AvgIpc) is 3.22. The number of aromatic nitrogens is 2. The van der Waals surface area contributed by atoms with Gasteiger partial charge in [0.15, 0.2) is 0 Å². The lowest BCUT2D eigenvalue weighted by Gasteiger charge is -2.31. The summed E-state index contributed by atoms with van der Waals surface area (Å²) < 4.78 is 11.5. The van der Waals surface area contributed by atoms with E-state index < -0.39 is 0 Å². The van der Waals surface area contributed by atoms with Crippen LogP contribution >= 0.6 is 23.2 Å². The van der Waals surface area contributed by atoms with Crippen LogP contribution in [0.3, 0.4) is 0 Å². The van der Waals surface area contributed by atoms with Crippen LogP contribution in [0.2, 0.25) is 10.0 Å². The number of piperidine rings is 1. The van der Waals surface area contributed by atoms with Crippen LogP contribution in [0.5, 0.6) is 5.75 Å². The molecule has 1 aromatic heterocycles. The van der Waals surface area contributed by atoms with Gasteiger partial charge in [0.05, 0.1) is 18.5 Å². The molecule has 2 heterocycles. The number of likely N-dealkylation sites (tertiary alicyclic amines) is 1. The number of nitrogens with one attached hydrogen (secondary N) is 1. The van der Waals surface area contributed by atoms with Crippen LogP contribution in [0, 0.1) is 12.8 Å². The van der Waals surface area contributed by atoms with Gasteiger partial charge in [0.25, 0.3) is 0 Å². The maximum absolute atomic E-state index is 12.4. The second-order valence-corrected chi connectivity index (χ2v) is 8.86. The van der Waals surface area contributed by atoms with Crippen molar-refractivity contribution in [2.45, 2.75) is 26.4 Å². The lowest BCUT2D eigenvalue weighted by atomic mass is 9.98. The molecule has 3 aromatic rings. The maximum atomic E-state index is 12.4. The molecule has 0 unspecified atom stereocenters. The quantitative estimate of drug-likeness (QED) is 0.468. The number of aromatic amines is 1. The van der Waals surface area contributed by atoms with Crippen molar-refractivity contribution < 1.29 is 14.3 Å². The Kier molecular flexibility index (Phi) is 7.22. The van der Waals surface area contributed by atoms with Gasteiger partial charge < -0.3 is 19.4 Å². The first-order valence-electron chi connectivity index (χ1n) is 10.6. The molecule has 168 valence electrons. The summed E-state index contributed by atoms with van der Waals surface area (Å²) >= 11 is 12.0. The monoisotopic (exact) mass is 473 g/mol. The predicted octanol–water partition coefficient (Wildman–Crippen LogP) is 6.12. The maximum Gasteiger partial charge on any atom is 0.410 e. The lowest BCUT2D eigenvalue weighted by molar-refractivity contribution is 0.0761. The molecule has 0 radical (unpaired) electrons. The van der Waals surface area contributed by atoms with Crippen LogP contribution in [-0.4, -0.2) is 40.7 Å². The first-order chi connectivity index (χ1) is 15.5. The number of benzene rings is 2. The molecule has 8 heteroatoms. The van der Waals surface area contributed by atoms with Crippen molar-refractivity contribution in [2.75, 3.05) is 19.7 Å². The fourth-order valence-corrected chi connectivity index (χ4v) is 4.32. The van der Waals surface area contributed by atoms with E-state index in [1.165, 1.54) is 0 Å². The number of hydrogen-bond donors (Lipinski definition) is 1. The van der Waals surface area contributed by atoms with Gasteiger partial charge in [0.2, 0.25) is 0 Å². The van der Waals surface area contributed by atoms with Gasteiger partial charge in [-0.3, -0.25) is 0 Å². The number of carbonyl (C=O) groups is 1. The van der Waals surface area contributed by atoms with Crippen molar-refractivity contribution in [3.8, 4) is 17.0 Å². The van der Waals surface area contributed by atoms with E-state index in [9.17, 15) is 4.79 Å². The molecular formula is C24H25Cl2N3O3. The van der Waals surface area contributed by atoms with Gasteiger partial charge in [-0.25, -0.2) is 9.78 Å². The molecule has 0 bridgehead atoms. The number of amides is 1. The lowest BCUT2D eigenvalue weighted by Crippen LogP contribution is -2.39. The largest absolute Gasteiger partial charge is 0.493 e.